The summed E-state index contributed by atoms with van der Waals surface area (Å²) < 4.78 is 7.50. The molecule has 5 aromatic rings. The molecule has 0 fully saturated rings. The van der Waals surface area contributed by atoms with Crippen molar-refractivity contribution in [1.82, 2.24) is 9.78 Å². The molecule has 6 heteroatoms. The molecule has 1 amide bonds. The number of amides is 1. The predicted molar refractivity (Wildman–Crippen MR) is 160 cm³/mol. The second kappa shape index (κ2) is 11.1. The SMILES string of the molecule is C=CCOc1ccc(-c2nn(-c3ccccc3)cc2C=C2C(=O)N(c3ccccc3)N=C2c2ccccc2)cc1. The Balaban J connectivity index is 1.48. The Morgan fingerprint density at radius 2 is 1.38 bits per heavy atom. The Morgan fingerprint density at radius 3 is 2.02 bits per heavy atom. The fourth-order valence-corrected chi connectivity index (χ4v) is 4.55. The lowest BCUT2D eigenvalue weighted by Gasteiger charge is -2.10. The number of ether oxygens (including phenoxy) is 1. The largest absolute Gasteiger partial charge is 0.490 e. The summed E-state index contributed by atoms with van der Waals surface area (Å²) in [5.41, 5.74) is 6.03. The maximum Gasteiger partial charge on any atom is 0.281 e. The van der Waals surface area contributed by atoms with Crippen LogP contribution in [-0.2, 0) is 4.79 Å². The number of hydrogen-bond donors (Lipinski definition) is 0. The average molecular weight is 523 g/mol. The van der Waals surface area contributed by atoms with Crippen LogP contribution in [0.3, 0.4) is 0 Å². The van der Waals surface area contributed by atoms with E-state index >= 15 is 0 Å². The van der Waals surface area contributed by atoms with Gasteiger partial charge in [0.1, 0.15) is 18.1 Å². The molecule has 0 bridgehead atoms. The van der Waals surface area contributed by atoms with E-state index in [0.29, 0.717) is 23.6 Å². The Labute approximate surface area is 232 Å². The highest BCUT2D eigenvalue weighted by atomic mass is 16.5. The minimum absolute atomic E-state index is 0.198. The standard InChI is InChI=1S/C34H26N4O2/c1-2-22-40-30-20-18-26(19-21-30)32-27(24-37(35-32)28-14-8-4-9-15-28)23-31-33(25-12-6-3-7-13-25)36-38(34(31)39)29-16-10-5-11-17-29/h2-21,23-24H,1,22H2. The molecule has 0 saturated heterocycles. The van der Waals surface area contributed by atoms with Gasteiger partial charge in [-0.2, -0.15) is 15.2 Å². The third-order valence-corrected chi connectivity index (χ3v) is 6.48. The fourth-order valence-electron chi connectivity index (χ4n) is 4.55. The summed E-state index contributed by atoms with van der Waals surface area (Å²) in [6.07, 6.45) is 5.55. The second-order valence-electron chi connectivity index (χ2n) is 9.16. The molecule has 6 nitrogen and oxygen atoms in total. The molecule has 0 atom stereocenters. The predicted octanol–water partition coefficient (Wildman–Crippen LogP) is 6.94. The summed E-state index contributed by atoms with van der Waals surface area (Å²) in [6.45, 7) is 4.14. The van der Waals surface area contributed by atoms with Crippen LogP contribution in [0.25, 0.3) is 23.0 Å². The van der Waals surface area contributed by atoms with E-state index in [1.165, 1.54) is 5.01 Å². The van der Waals surface area contributed by atoms with Crippen molar-refractivity contribution in [2.75, 3.05) is 11.6 Å². The molecule has 40 heavy (non-hydrogen) atoms. The van der Waals surface area contributed by atoms with Gasteiger partial charge in [0, 0.05) is 22.9 Å². The highest BCUT2D eigenvalue weighted by Gasteiger charge is 2.32. The van der Waals surface area contributed by atoms with Gasteiger partial charge in [-0.05, 0) is 54.6 Å². The first kappa shape index (κ1) is 24.8. The van der Waals surface area contributed by atoms with E-state index in [9.17, 15) is 4.79 Å². The number of carbonyl (C=O) groups excluding carboxylic acids is 1. The van der Waals surface area contributed by atoms with Crippen molar-refractivity contribution in [3.8, 4) is 22.7 Å². The molecule has 1 aliphatic rings. The molecule has 1 aromatic heterocycles. The minimum Gasteiger partial charge on any atom is -0.490 e. The number of anilines is 1. The molecular formula is C34H26N4O2. The number of rotatable bonds is 8. The Morgan fingerprint density at radius 1 is 0.750 bits per heavy atom. The number of nitrogens with zero attached hydrogens (tertiary/aromatic N) is 4. The third-order valence-electron chi connectivity index (χ3n) is 6.48. The van der Waals surface area contributed by atoms with E-state index in [-0.39, 0.29) is 5.91 Å². The number of hydrogen-bond acceptors (Lipinski definition) is 4. The quantitative estimate of drug-likeness (QED) is 0.164. The summed E-state index contributed by atoms with van der Waals surface area (Å²) >= 11 is 0. The summed E-state index contributed by atoms with van der Waals surface area (Å²) in [7, 11) is 0. The smallest absolute Gasteiger partial charge is 0.281 e. The van der Waals surface area contributed by atoms with Crippen LogP contribution in [-0.4, -0.2) is 28.0 Å². The van der Waals surface area contributed by atoms with E-state index in [1.54, 1.807) is 6.08 Å². The van der Waals surface area contributed by atoms with Crippen LogP contribution >= 0.6 is 0 Å². The Hall–Kier alpha value is -5.49. The van der Waals surface area contributed by atoms with Crippen LogP contribution in [0.15, 0.2) is 145 Å². The first-order valence-corrected chi connectivity index (χ1v) is 13.0. The fraction of sp³-hybridized carbons (Fsp3) is 0.0294. The molecule has 6 rings (SSSR count). The van der Waals surface area contributed by atoms with Gasteiger partial charge in [0.15, 0.2) is 0 Å². The van der Waals surface area contributed by atoms with Crippen LogP contribution < -0.4 is 9.75 Å². The molecular weight excluding hydrogens is 496 g/mol. The normalized spacial score (nSPS) is 13.9. The molecule has 4 aromatic carbocycles. The minimum atomic E-state index is -0.198. The summed E-state index contributed by atoms with van der Waals surface area (Å²) in [4.78, 5) is 13.9. The van der Waals surface area contributed by atoms with Crippen molar-refractivity contribution in [3.63, 3.8) is 0 Å². The number of carbonyl (C=O) groups is 1. The van der Waals surface area contributed by atoms with Crippen molar-refractivity contribution in [1.29, 1.82) is 0 Å². The second-order valence-corrected chi connectivity index (χ2v) is 9.16. The highest BCUT2D eigenvalue weighted by Crippen LogP contribution is 2.32. The molecule has 0 aliphatic carbocycles. The van der Waals surface area contributed by atoms with Crippen molar-refractivity contribution >= 4 is 23.4 Å². The summed E-state index contributed by atoms with van der Waals surface area (Å²) in [5.74, 6) is 0.547. The zero-order valence-electron chi connectivity index (χ0n) is 21.7. The van der Waals surface area contributed by atoms with Gasteiger partial charge < -0.3 is 4.74 Å². The van der Waals surface area contributed by atoms with Crippen LogP contribution in [0, 0.1) is 0 Å². The molecule has 0 unspecified atom stereocenters. The lowest BCUT2D eigenvalue weighted by Crippen LogP contribution is -2.21. The first-order chi connectivity index (χ1) is 19.7. The van der Waals surface area contributed by atoms with Crippen LogP contribution in [0.2, 0.25) is 0 Å². The van der Waals surface area contributed by atoms with Crippen LogP contribution in [0.5, 0.6) is 5.75 Å². The van der Waals surface area contributed by atoms with Crippen molar-refractivity contribution in [2.45, 2.75) is 0 Å². The molecule has 2 heterocycles. The maximum absolute atomic E-state index is 13.9. The summed E-state index contributed by atoms with van der Waals surface area (Å²) in [5, 5.41) is 11.2. The molecule has 194 valence electrons. The number of benzene rings is 4. The first-order valence-electron chi connectivity index (χ1n) is 13.0. The summed E-state index contributed by atoms with van der Waals surface area (Å²) in [6, 6.07) is 36.9. The van der Waals surface area contributed by atoms with Gasteiger partial charge in [-0.25, -0.2) is 4.68 Å². The van der Waals surface area contributed by atoms with Gasteiger partial charge in [0.05, 0.1) is 22.6 Å². The molecule has 0 N–H and O–H groups in total. The third kappa shape index (κ3) is 4.98. The Bertz CT molecular complexity index is 1700. The molecule has 1 aliphatic heterocycles. The van der Waals surface area contributed by atoms with E-state index in [4.69, 9.17) is 14.9 Å². The van der Waals surface area contributed by atoms with E-state index in [0.717, 1.165) is 33.8 Å². The Kier molecular flexibility index (Phi) is 6.88. The molecule has 0 radical (unpaired) electrons. The van der Waals surface area contributed by atoms with Crippen LogP contribution in [0.1, 0.15) is 11.1 Å². The van der Waals surface area contributed by atoms with Gasteiger partial charge >= 0.3 is 0 Å². The maximum atomic E-state index is 13.9. The molecule has 0 spiro atoms. The van der Waals surface area contributed by atoms with Gasteiger partial charge in [-0.15, -0.1) is 0 Å². The van der Waals surface area contributed by atoms with Crippen molar-refractivity contribution in [3.05, 3.63) is 151 Å². The van der Waals surface area contributed by atoms with E-state index in [1.807, 2.05) is 132 Å². The van der Waals surface area contributed by atoms with Gasteiger partial charge in [0.25, 0.3) is 5.91 Å². The van der Waals surface area contributed by atoms with E-state index < -0.39 is 0 Å². The monoisotopic (exact) mass is 522 g/mol. The zero-order chi connectivity index (χ0) is 27.3. The van der Waals surface area contributed by atoms with Crippen LogP contribution in [0.4, 0.5) is 5.69 Å². The van der Waals surface area contributed by atoms with Crippen molar-refractivity contribution in [2.24, 2.45) is 5.10 Å². The molecule has 0 saturated carbocycles. The van der Waals surface area contributed by atoms with Crippen molar-refractivity contribution < 1.29 is 9.53 Å². The zero-order valence-corrected chi connectivity index (χ0v) is 21.7. The topological polar surface area (TPSA) is 59.7 Å². The lowest BCUT2D eigenvalue weighted by atomic mass is 9.99. The average Bonchev–Trinajstić information content (AvgIpc) is 3.59. The number of hydrazone groups is 1. The van der Waals surface area contributed by atoms with E-state index in [2.05, 4.69) is 6.58 Å². The highest BCUT2D eigenvalue weighted by molar-refractivity contribution is 6.37. The number of para-hydroxylation sites is 2. The lowest BCUT2D eigenvalue weighted by molar-refractivity contribution is -0.114. The van der Waals surface area contributed by atoms with Gasteiger partial charge in [0.2, 0.25) is 0 Å². The van der Waals surface area contributed by atoms with Gasteiger partial charge in [-0.1, -0.05) is 79.4 Å². The number of aromatic nitrogens is 2. The van der Waals surface area contributed by atoms with Gasteiger partial charge in [-0.3, -0.25) is 4.79 Å².